The maximum Gasteiger partial charge on any atom is 0.271 e. The standard InChI is InChI=1S/C7H7BrF2N2O/c8-2-3-1-4(11)5(6(9)10)7(13)12-3/h1,6H,2H2,(H3,11,12,13). The van der Waals surface area contributed by atoms with E-state index in [0.29, 0.717) is 11.0 Å². The number of anilines is 1. The van der Waals surface area contributed by atoms with Crippen molar-refractivity contribution in [1.82, 2.24) is 4.98 Å². The molecule has 1 aromatic rings. The zero-order valence-electron chi connectivity index (χ0n) is 6.48. The number of H-pyrrole nitrogens is 1. The molecule has 0 aromatic carbocycles. The minimum Gasteiger partial charge on any atom is -0.398 e. The van der Waals surface area contributed by atoms with E-state index in [2.05, 4.69) is 20.9 Å². The number of nitrogens with one attached hydrogen (secondary N) is 1. The summed E-state index contributed by atoms with van der Waals surface area (Å²) in [6, 6.07) is 1.32. The summed E-state index contributed by atoms with van der Waals surface area (Å²) in [4.78, 5) is 13.3. The molecule has 72 valence electrons. The molecule has 0 saturated carbocycles. The zero-order chi connectivity index (χ0) is 10.0. The minimum absolute atomic E-state index is 0.173. The second-order valence-electron chi connectivity index (χ2n) is 2.43. The Hall–Kier alpha value is -0.910. The Morgan fingerprint density at radius 3 is 2.62 bits per heavy atom. The van der Waals surface area contributed by atoms with Gasteiger partial charge in [-0.2, -0.15) is 0 Å². The van der Waals surface area contributed by atoms with Gasteiger partial charge in [-0.1, -0.05) is 15.9 Å². The number of alkyl halides is 3. The molecule has 0 aliphatic heterocycles. The first-order valence-corrected chi connectivity index (χ1v) is 4.54. The van der Waals surface area contributed by atoms with Crippen molar-refractivity contribution in [2.75, 3.05) is 5.73 Å². The number of aromatic nitrogens is 1. The van der Waals surface area contributed by atoms with Crippen molar-refractivity contribution in [2.45, 2.75) is 11.8 Å². The van der Waals surface area contributed by atoms with E-state index in [9.17, 15) is 13.6 Å². The van der Waals surface area contributed by atoms with Gasteiger partial charge in [0.2, 0.25) is 0 Å². The molecule has 3 N–H and O–H groups in total. The minimum atomic E-state index is -2.84. The Kier molecular flexibility index (Phi) is 3.02. The van der Waals surface area contributed by atoms with Gasteiger partial charge in [0.1, 0.15) is 5.56 Å². The first kappa shape index (κ1) is 10.2. The van der Waals surface area contributed by atoms with Crippen LogP contribution in [0.4, 0.5) is 14.5 Å². The largest absolute Gasteiger partial charge is 0.398 e. The normalized spacial score (nSPS) is 10.8. The van der Waals surface area contributed by atoms with E-state index < -0.39 is 17.5 Å². The van der Waals surface area contributed by atoms with Crippen LogP contribution in [0.25, 0.3) is 0 Å². The van der Waals surface area contributed by atoms with Gasteiger partial charge in [0.25, 0.3) is 12.0 Å². The molecule has 0 amide bonds. The van der Waals surface area contributed by atoms with E-state index in [0.717, 1.165) is 0 Å². The van der Waals surface area contributed by atoms with E-state index in [1.54, 1.807) is 0 Å². The average Bonchev–Trinajstić information content (AvgIpc) is 2.02. The molecule has 0 bridgehead atoms. The van der Waals surface area contributed by atoms with Gasteiger partial charge < -0.3 is 10.7 Å². The van der Waals surface area contributed by atoms with Gasteiger partial charge in [-0.05, 0) is 6.07 Å². The summed E-state index contributed by atoms with van der Waals surface area (Å²) in [5.41, 5.74) is 4.09. The lowest BCUT2D eigenvalue weighted by Crippen LogP contribution is -2.17. The molecule has 3 nitrogen and oxygen atoms in total. The molecule has 0 aliphatic rings. The van der Waals surface area contributed by atoms with Crippen molar-refractivity contribution >= 4 is 21.6 Å². The lowest BCUT2D eigenvalue weighted by Gasteiger charge is -2.04. The molecule has 0 saturated heterocycles. The topological polar surface area (TPSA) is 58.9 Å². The first-order valence-electron chi connectivity index (χ1n) is 3.42. The summed E-state index contributed by atoms with van der Waals surface area (Å²) >= 11 is 3.07. The van der Waals surface area contributed by atoms with Gasteiger partial charge in [0.15, 0.2) is 0 Å². The molecular weight excluding hydrogens is 246 g/mol. The number of halogens is 3. The van der Waals surface area contributed by atoms with Crippen LogP contribution < -0.4 is 11.3 Å². The van der Waals surface area contributed by atoms with Crippen molar-refractivity contribution in [3.8, 4) is 0 Å². The van der Waals surface area contributed by atoms with Crippen molar-refractivity contribution in [1.29, 1.82) is 0 Å². The first-order chi connectivity index (χ1) is 6.06. The Labute approximate surface area is 81.1 Å². The number of nitrogen functional groups attached to an aromatic ring is 1. The van der Waals surface area contributed by atoms with Gasteiger partial charge in [-0.25, -0.2) is 8.78 Å². The highest BCUT2D eigenvalue weighted by atomic mass is 79.9. The van der Waals surface area contributed by atoms with Gasteiger partial charge >= 0.3 is 0 Å². The molecule has 0 radical (unpaired) electrons. The third-order valence-corrected chi connectivity index (χ3v) is 2.13. The lowest BCUT2D eigenvalue weighted by molar-refractivity contribution is 0.150. The van der Waals surface area contributed by atoms with Crippen LogP contribution in [0.2, 0.25) is 0 Å². The summed E-state index contributed by atoms with van der Waals surface area (Å²) < 4.78 is 24.4. The van der Waals surface area contributed by atoms with Gasteiger partial charge in [0.05, 0.1) is 0 Å². The van der Waals surface area contributed by atoms with Gasteiger partial charge in [-0.15, -0.1) is 0 Å². The summed E-state index contributed by atoms with van der Waals surface area (Å²) in [6.07, 6.45) is -2.84. The summed E-state index contributed by atoms with van der Waals surface area (Å²) in [7, 11) is 0. The molecule has 1 aromatic heterocycles. The van der Waals surface area contributed by atoms with E-state index in [1.807, 2.05) is 0 Å². The molecule has 0 fully saturated rings. The van der Waals surface area contributed by atoms with Gasteiger partial charge in [0, 0.05) is 16.7 Å². The fraction of sp³-hybridized carbons (Fsp3) is 0.286. The van der Waals surface area contributed by atoms with E-state index >= 15 is 0 Å². The number of nitrogens with two attached hydrogens (primary N) is 1. The quantitative estimate of drug-likeness (QED) is 0.789. The van der Waals surface area contributed by atoms with Crippen LogP contribution in [0, 0.1) is 0 Å². The monoisotopic (exact) mass is 252 g/mol. The van der Waals surface area contributed by atoms with E-state index in [4.69, 9.17) is 5.73 Å². The maximum atomic E-state index is 12.2. The fourth-order valence-corrected chi connectivity index (χ4v) is 1.24. The number of rotatable bonds is 2. The smallest absolute Gasteiger partial charge is 0.271 e. The fourth-order valence-electron chi connectivity index (χ4n) is 0.943. The van der Waals surface area contributed by atoms with Crippen LogP contribution in [0.3, 0.4) is 0 Å². The number of aromatic amines is 1. The Bertz CT molecular complexity index is 364. The highest BCUT2D eigenvalue weighted by Gasteiger charge is 2.16. The number of pyridine rings is 1. The second kappa shape index (κ2) is 3.87. The SMILES string of the molecule is Nc1cc(CBr)[nH]c(=O)c1C(F)F. The summed E-state index contributed by atoms with van der Waals surface area (Å²) in [6.45, 7) is 0. The molecular formula is C7H7BrF2N2O. The van der Waals surface area contributed by atoms with Crippen LogP contribution in [-0.2, 0) is 5.33 Å². The summed E-state index contributed by atoms with van der Waals surface area (Å²) in [5, 5.41) is 0.371. The zero-order valence-corrected chi connectivity index (χ0v) is 8.07. The van der Waals surface area contributed by atoms with E-state index in [1.165, 1.54) is 6.07 Å². The van der Waals surface area contributed by atoms with Crippen LogP contribution in [0.15, 0.2) is 10.9 Å². The Morgan fingerprint density at radius 1 is 1.62 bits per heavy atom. The van der Waals surface area contributed by atoms with Gasteiger partial charge in [-0.3, -0.25) is 4.79 Å². The third-order valence-electron chi connectivity index (χ3n) is 1.52. The van der Waals surface area contributed by atoms with E-state index in [-0.39, 0.29) is 5.69 Å². The third kappa shape index (κ3) is 2.06. The van der Waals surface area contributed by atoms with Crippen molar-refractivity contribution in [2.24, 2.45) is 0 Å². The molecule has 0 spiro atoms. The maximum absolute atomic E-state index is 12.2. The number of hydrogen-bond acceptors (Lipinski definition) is 2. The lowest BCUT2D eigenvalue weighted by atomic mass is 10.2. The average molecular weight is 253 g/mol. The van der Waals surface area contributed by atoms with Crippen LogP contribution in [0.5, 0.6) is 0 Å². The molecule has 0 aliphatic carbocycles. The molecule has 0 atom stereocenters. The highest BCUT2D eigenvalue weighted by molar-refractivity contribution is 9.08. The molecule has 6 heteroatoms. The van der Waals surface area contributed by atoms with Crippen LogP contribution in [0.1, 0.15) is 17.7 Å². The Morgan fingerprint density at radius 2 is 2.23 bits per heavy atom. The predicted molar refractivity (Wildman–Crippen MR) is 49.1 cm³/mol. The highest BCUT2D eigenvalue weighted by Crippen LogP contribution is 2.21. The van der Waals surface area contributed by atoms with Crippen molar-refractivity contribution in [3.63, 3.8) is 0 Å². The van der Waals surface area contributed by atoms with Crippen LogP contribution >= 0.6 is 15.9 Å². The summed E-state index contributed by atoms with van der Waals surface area (Å²) in [5.74, 6) is 0. The number of hydrogen-bond donors (Lipinski definition) is 2. The van der Waals surface area contributed by atoms with Crippen molar-refractivity contribution < 1.29 is 8.78 Å². The van der Waals surface area contributed by atoms with Crippen molar-refractivity contribution in [3.05, 3.63) is 27.7 Å². The molecule has 1 rings (SSSR count). The second-order valence-corrected chi connectivity index (χ2v) is 2.99. The molecule has 0 unspecified atom stereocenters. The molecule has 1 heterocycles. The predicted octanol–water partition coefficient (Wildman–Crippen LogP) is 1.79. The Balaban J connectivity index is 3.32. The molecule has 13 heavy (non-hydrogen) atoms. The van der Waals surface area contributed by atoms with Crippen LogP contribution in [-0.4, -0.2) is 4.98 Å².